The largest absolute Gasteiger partial charge is 0.482 e. The van der Waals surface area contributed by atoms with Gasteiger partial charge in [-0.25, -0.2) is 4.79 Å². The number of carbonyl (C=O) groups excluding carboxylic acids is 1. The van der Waals surface area contributed by atoms with Crippen LogP contribution < -0.4 is 21.3 Å². The molecule has 4 rings (SSSR count). The molecule has 0 unspecified atom stereocenters. The van der Waals surface area contributed by atoms with Crippen molar-refractivity contribution in [2.45, 2.75) is 0 Å². The summed E-state index contributed by atoms with van der Waals surface area (Å²) in [6, 6.07) is 20.5. The quantitative estimate of drug-likeness (QED) is 0.442. The normalized spacial score (nSPS) is 11.0. The minimum Gasteiger partial charge on any atom is -0.482 e. The molecule has 32 heavy (non-hydrogen) atoms. The van der Waals surface area contributed by atoms with Crippen LogP contribution in [0.1, 0.15) is 5.56 Å². The van der Waals surface area contributed by atoms with Crippen molar-refractivity contribution in [2.24, 2.45) is 5.10 Å². The van der Waals surface area contributed by atoms with Crippen LogP contribution in [-0.4, -0.2) is 28.4 Å². The van der Waals surface area contributed by atoms with Gasteiger partial charge in [0.2, 0.25) is 0 Å². The molecule has 3 aromatic carbocycles. The van der Waals surface area contributed by atoms with Gasteiger partial charge in [0, 0.05) is 5.69 Å². The molecule has 0 bridgehead atoms. The van der Waals surface area contributed by atoms with Crippen LogP contribution in [0.3, 0.4) is 0 Å². The molecule has 0 fully saturated rings. The van der Waals surface area contributed by atoms with E-state index in [2.05, 4.69) is 15.4 Å². The van der Waals surface area contributed by atoms with Crippen LogP contribution in [0, 0.1) is 0 Å². The molecule has 0 aliphatic carbocycles. The fourth-order valence-electron chi connectivity index (χ4n) is 2.96. The summed E-state index contributed by atoms with van der Waals surface area (Å²) in [5, 5.41) is 7.30. The molecule has 1 aromatic heterocycles. The van der Waals surface area contributed by atoms with Crippen LogP contribution in [0.4, 0.5) is 5.69 Å². The number of hydrogen-bond donors (Lipinski definition) is 2. The molecule has 0 saturated heterocycles. The second kappa shape index (κ2) is 9.32. The Kier molecular flexibility index (Phi) is 6.14. The second-order valence-corrected chi connectivity index (χ2v) is 7.14. The molecule has 0 aliphatic heterocycles. The fraction of sp³-hybridized carbons (Fsp3) is 0.0435. The number of amides is 1. The first-order valence-electron chi connectivity index (χ1n) is 9.57. The Balaban J connectivity index is 1.46. The van der Waals surface area contributed by atoms with Crippen LogP contribution in [0.5, 0.6) is 5.75 Å². The van der Waals surface area contributed by atoms with E-state index in [4.69, 9.17) is 16.3 Å². The molecule has 0 atom stereocenters. The zero-order chi connectivity index (χ0) is 22.5. The Morgan fingerprint density at radius 2 is 1.81 bits per heavy atom. The SMILES string of the molecule is O=C(COc1ccc(C=Nn2c(=O)[nH]c3ccccc3c2=O)cc1Cl)Nc1ccccc1. The van der Waals surface area contributed by atoms with E-state index in [9.17, 15) is 14.4 Å². The van der Waals surface area contributed by atoms with E-state index in [1.165, 1.54) is 6.21 Å². The van der Waals surface area contributed by atoms with Crippen LogP contribution in [0.25, 0.3) is 10.9 Å². The molecule has 1 amide bonds. The highest BCUT2D eigenvalue weighted by Gasteiger charge is 2.08. The van der Waals surface area contributed by atoms with Crippen molar-refractivity contribution in [3.8, 4) is 5.75 Å². The number of nitrogens with zero attached hydrogens (tertiary/aromatic N) is 2. The van der Waals surface area contributed by atoms with E-state index in [-0.39, 0.29) is 17.5 Å². The van der Waals surface area contributed by atoms with E-state index >= 15 is 0 Å². The van der Waals surface area contributed by atoms with Crippen molar-refractivity contribution in [3.63, 3.8) is 0 Å². The summed E-state index contributed by atoms with van der Waals surface area (Å²) in [5.74, 6) is -0.0134. The van der Waals surface area contributed by atoms with Gasteiger partial charge in [0.25, 0.3) is 11.5 Å². The summed E-state index contributed by atoms with van der Waals surface area (Å²) in [7, 11) is 0. The number of nitrogens with one attached hydrogen (secondary N) is 2. The number of aromatic nitrogens is 2. The minimum absolute atomic E-state index is 0.218. The Bertz CT molecular complexity index is 1430. The van der Waals surface area contributed by atoms with Gasteiger partial charge in [0.1, 0.15) is 5.75 Å². The monoisotopic (exact) mass is 448 g/mol. The van der Waals surface area contributed by atoms with Gasteiger partial charge in [-0.15, -0.1) is 4.68 Å². The standard InChI is InChI=1S/C23H17ClN4O4/c24-18-12-15(10-11-20(18)32-14-21(29)26-16-6-2-1-3-7-16)13-25-28-22(30)17-8-4-5-9-19(17)27-23(28)31/h1-13H,14H2,(H,26,29)(H,27,31). The topological polar surface area (TPSA) is 106 Å². The van der Waals surface area contributed by atoms with Crippen molar-refractivity contribution in [2.75, 3.05) is 11.9 Å². The maximum Gasteiger partial charge on any atom is 0.349 e. The van der Waals surface area contributed by atoms with Gasteiger partial charge in [0.05, 0.1) is 22.1 Å². The first-order chi connectivity index (χ1) is 15.5. The van der Waals surface area contributed by atoms with Gasteiger partial charge in [-0.1, -0.05) is 41.9 Å². The van der Waals surface area contributed by atoms with Crippen molar-refractivity contribution >= 4 is 40.3 Å². The average molecular weight is 449 g/mol. The number of anilines is 1. The van der Waals surface area contributed by atoms with Gasteiger partial charge < -0.3 is 15.0 Å². The number of carbonyl (C=O) groups is 1. The number of H-pyrrole nitrogens is 1. The molecule has 0 saturated carbocycles. The van der Waals surface area contributed by atoms with Gasteiger partial charge in [0.15, 0.2) is 6.61 Å². The van der Waals surface area contributed by atoms with Gasteiger partial charge >= 0.3 is 5.69 Å². The number of ether oxygens (including phenoxy) is 1. The maximum atomic E-state index is 12.5. The lowest BCUT2D eigenvalue weighted by atomic mass is 10.2. The lowest BCUT2D eigenvalue weighted by molar-refractivity contribution is -0.118. The maximum absolute atomic E-state index is 12.5. The number of halogens is 1. The molecule has 2 N–H and O–H groups in total. The zero-order valence-electron chi connectivity index (χ0n) is 16.6. The highest BCUT2D eigenvalue weighted by Crippen LogP contribution is 2.25. The third kappa shape index (κ3) is 4.76. The average Bonchev–Trinajstić information content (AvgIpc) is 2.79. The van der Waals surface area contributed by atoms with E-state index < -0.39 is 11.2 Å². The summed E-state index contributed by atoms with van der Waals surface area (Å²) >= 11 is 6.24. The highest BCUT2D eigenvalue weighted by molar-refractivity contribution is 6.32. The number of para-hydroxylation sites is 2. The van der Waals surface area contributed by atoms with Crippen molar-refractivity contribution < 1.29 is 9.53 Å². The van der Waals surface area contributed by atoms with Gasteiger partial charge in [-0.3, -0.25) is 9.59 Å². The lowest BCUT2D eigenvalue weighted by Gasteiger charge is -2.09. The highest BCUT2D eigenvalue weighted by atomic mass is 35.5. The van der Waals surface area contributed by atoms with Gasteiger partial charge in [-0.2, -0.15) is 5.10 Å². The molecule has 1 heterocycles. The predicted molar refractivity (Wildman–Crippen MR) is 124 cm³/mol. The molecule has 9 heteroatoms. The number of hydrogen-bond acceptors (Lipinski definition) is 5. The van der Waals surface area contributed by atoms with Crippen LogP contribution in [0.2, 0.25) is 5.02 Å². The van der Waals surface area contributed by atoms with E-state index in [0.29, 0.717) is 27.9 Å². The van der Waals surface area contributed by atoms with Crippen molar-refractivity contribution in [3.05, 3.63) is 104 Å². The first kappa shape index (κ1) is 21.1. The van der Waals surface area contributed by atoms with Crippen molar-refractivity contribution in [1.29, 1.82) is 0 Å². The molecular formula is C23H17ClN4O4. The first-order valence-corrected chi connectivity index (χ1v) is 9.95. The van der Waals surface area contributed by atoms with E-state index in [0.717, 1.165) is 4.68 Å². The summed E-state index contributed by atoms with van der Waals surface area (Å²) in [4.78, 5) is 39.3. The molecular weight excluding hydrogens is 432 g/mol. The Labute approximate surface area is 186 Å². The number of fused-ring (bicyclic) bond motifs is 1. The van der Waals surface area contributed by atoms with Gasteiger partial charge in [-0.05, 0) is 48.0 Å². The summed E-state index contributed by atoms with van der Waals surface area (Å²) < 4.78 is 6.22. The van der Waals surface area contributed by atoms with E-state index in [1.54, 1.807) is 54.6 Å². The van der Waals surface area contributed by atoms with Crippen LogP contribution in [0.15, 0.2) is 87.5 Å². The van der Waals surface area contributed by atoms with E-state index in [1.807, 2.05) is 18.2 Å². The molecule has 8 nitrogen and oxygen atoms in total. The summed E-state index contributed by atoms with van der Waals surface area (Å²) in [6.45, 7) is -0.218. The third-order valence-corrected chi connectivity index (χ3v) is 4.77. The molecule has 160 valence electrons. The van der Waals surface area contributed by atoms with Crippen molar-refractivity contribution in [1.82, 2.24) is 9.66 Å². The smallest absolute Gasteiger partial charge is 0.349 e. The van der Waals surface area contributed by atoms with Crippen LogP contribution >= 0.6 is 11.6 Å². The summed E-state index contributed by atoms with van der Waals surface area (Å²) in [5.41, 5.74) is 0.458. The summed E-state index contributed by atoms with van der Waals surface area (Å²) in [6.07, 6.45) is 1.34. The minimum atomic E-state index is -0.652. The Morgan fingerprint density at radius 1 is 1.06 bits per heavy atom. The number of rotatable bonds is 6. The second-order valence-electron chi connectivity index (χ2n) is 6.73. The molecule has 0 aliphatic rings. The van der Waals surface area contributed by atoms with Crippen LogP contribution in [-0.2, 0) is 4.79 Å². The Hall–Kier alpha value is -4.17. The zero-order valence-corrected chi connectivity index (χ0v) is 17.4. The number of benzene rings is 3. The fourth-order valence-corrected chi connectivity index (χ4v) is 3.20. The lowest BCUT2D eigenvalue weighted by Crippen LogP contribution is -2.32. The molecule has 0 radical (unpaired) electrons. The number of aromatic amines is 1. The third-order valence-electron chi connectivity index (χ3n) is 4.48. The predicted octanol–water partition coefficient (Wildman–Crippen LogP) is 3.24. The molecule has 4 aromatic rings. The Morgan fingerprint density at radius 3 is 2.59 bits per heavy atom. The molecule has 0 spiro atoms.